The standard InChI is InChI=1S/C16H27NO/c18-13-16(9-3-4-10-16)12-17-11-5-7-14-6-1-2-8-15(14)17/h13-15H,1-12H2/t14-,15-/m1/s1. The van der Waals surface area contributed by atoms with Gasteiger partial charge in [0.15, 0.2) is 0 Å². The van der Waals surface area contributed by atoms with Crippen molar-refractivity contribution < 1.29 is 4.79 Å². The number of piperidine rings is 1. The monoisotopic (exact) mass is 249 g/mol. The van der Waals surface area contributed by atoms with E-state index in [0.717, 1.165) is 31.3 Å². The van der Waals surface area contributed by atoms with E-state index in [2.05, 4.69) is 4.90 Å². The van der Waals surface area contributed by atoms with Crippen LogP contribution in [0.3, 0.4) is 0 Å². The first-order valence-corrected chi connectivity index (χ1v) is 8.03. The van der Waals surface area contributed by atoms with Crippen LogP contribution in [0, 0.1) is 11.3 Å². The van der Waals surface area contributed by atoms with Crippen molar-refractivity contribution in [2.24, 2.45) is 11.3 Å². The van der Waals surface area contributed by atoms with Gasteiger partial charge in [-0.3, -0.25) is 4.90 Å². The molecule has 2 aliphatic carbocycles. The van der Waals surface area contributed by atoms with Gasteiger partial charge in [0, 0.05) is 18.0 Å². The number of carbonyl (C=O) groups is 1. The molecule has 0 N–H and O–H groups in total. The molecule has 18 heavy (non-hydrogen) atoms. The quantitative estimate of drug-likeness (QED) is 0.714. The molecule has 2 atom stereocenters. The van der Waals surface area contributed by atoms with E-state index in [9.17, 15) is 4.79 Å². The van der Waals surface area contributed by atoms with Gasteiger partial charge in [-0.1, -0.05) is 25.7 Å². The van der Waals surface area contributed by atoms with Crippen LogP contribution in [-0.4, -0.2) is 30.3 Å². The average molecular weight is 249 g/mol. The molecule has 1 saturated heterocycles. The fourth-order valence-corrected chi connectivity index (χ4v) is 4.72. The Morgan fingerprint density at radius 1 is 1.00 bits per heavy atom. The minimum Gasteiger partial charge on any atom is -0.303 e. The summed E-state index contributed by atoms with van der Waals surface area (Å²) in [5, 5.41) is 0. The molecule has 1 heterocycles. The fourth-order valence-electron chi connectivity index (χ4n) is 4.72. The number of likely N-dealkylation sites (tertiary alicyclic amines) is 1. The zero-order valence-corrected chi connectivity index (χ0v) is 11.6. The molecule has 0 radical (unpaired) electrons. The van der Waals surface area contributed by atoms with Gasteiger partial charge < -0.3 is 4.79 Å². The molecule has 1 aliphatic heterocycles. The molecule has 0 aromatic heterocycles. The highest BCUT2D eigenvalue weighted by atomic mass is 16.1. The van der Waals surface area contributed by atoms with Crippen LogP contribution in [0.1, 0.15) is 64.2 Å². The van der Waals surface area contributed by atoms with Crippen LogP contribution in [0.2, 0.25) is 0 Å². The molecule has 0 aromatic carbocycles. The van der Waals surface area contributed by atoms with Crippen LogP contribution in [0.15, 0.2) is 0 Å². The van der Waals surface area contributed by atoms with Crippen LogP contribution < -0.4 is 0 Å². The molecule has 0 bridgehead atoms. The van der Waals surface area contributed by atoms with Crippen LogP contribution in [-0.2, 0) is 4.79 Å². The maximum atomic E-state index is 11.5. The molecule has 3 rings (SSSR count). The second-order valence-corrected chi connectivity index (χ2v) is 6.91. The number of hydrogen-bond donors (Lipinski definition) is 0. The Bertz CT molecular complexity index is 293. The predicted molar refractivity (Wildman–Crippen MR) is 73.5 cm³/mol. The van der Waals surface area contributed by atoms with Gasteiger partial charge in [-0.2, -0.15) is 0 Å². The lowest BCUT2D eigenvalue weighted by molar-refractivity contribution is -0.118. The molecule has 3 fully saturated rings. The topological polar surface area (TPSA) is 20.3 Å². The Morgan fingerprint density at radius 2 is 1.72 bits per heavy atom. The molecule has 0 aromatic rings. The molecule has 3 aliphatic rings. The SMILES string of the molecule is O=CC1(CN2CCC[C@H]3CCCC[C@H]32)CCCC1. The normalized spacial score (nSPS) is 36.2. The summed E-state index contributed by atoms with van der Waals surface area (Å²) in [4.78, 5) is 14.2. The molecule has 0 spiro atoms. The summed E-state index contributed by atoms with van der Waals surface area (Å²) in [7, 11) is 0. The maximum absolute atomic E-state index is 11.5. The first kappa shape index (κ1) is 12.7. The number of carbonyl (C=O) groups excluding carboxylic acids is 1. The lowest BCUT2D eigenvalue weighted by Crippen LogP contribution is -2.50. The van der Waals surface area contributed by atoms with E-state index in [-0.39, 0.29) is 5.41 Å². The van der Waals surface area contributed by atoms with Gasteiger partial charge in [-0.15, -0.1) is 0 Å². The van der Waals surface area contributed by atoms with E-state index >= 15 is 0 Å². The Hall–Kier alpha value is -0.370. The summed E-state index contributed by atoms with van der Waals surface area (Å²) in [6, 6.07) is 0.810. The van der Waals surface area contributed by atoms with Crippen molar-refractivity contribution in [2.45, 2.75) is 70.3 Å². The maximum Gasteiger partial charge on any atom is 0.127 e. The third-order valence-corrected chi connectivity index (χ3v) is 5.73. The van der Waals surface area contributed by atoms with Crippen molar-refractivity contribution in [3.63, 3.8) is 0 Å². The highest BCUT2D eigenvalue weighted by Gasteiger charge is 2.40. The molecule has 102 valence electrons. The third-order valence-electron chi connectivity index (χ3n) is 5.73. The predicted octanol–water partition coefficient (Wildman–Crippen LogP) is 3.40. The Balaban J connectivity index is 1.68. The van der Waals surface area contributed by atoms with E-state index in [1.54, 1.807) is 0 Å². The number of fused-ring (bicyclic) bond motifs is 1. The molecule has 0 unspecified atom stereocenters. The third kappa shape index (κ3) is 2.36. The molecular formula is C16H27NO. The summed E-state index contributed by atoms with van der Waals surface area (Å²) in [6.07, 6.45) is 14.6. The van der Waals surface area contributed by atoms with Crippen molar-refractivity contribution in [3.8, 4) is 0 Å². The summed E-state index contributed by atoms with van der Waals surface area (Å²) in [5.41, 5.74) is 0.0271. The Morgan fingerprint density at radius 3 is 2.50 bits per heavy atom. The molecule has 0 amide bonds. The van der Waals surface area contributed by atoms with Gasteiger partial charge in [0.2, 0.25) is 0 Å². The second kappa shape index (κ2) is 5.32. The largest absolute Gasteiger partial charge is 0.303 e. The molecule has 2 saturated carbocycles. The van der Waals surface area contributed by atoms with Crippen molar-refractivity contribution in [2.75, 3.05) is 13.1 Å². The Kier molecular flexibility index (Phi) is 3.74. The summed E-state index contributed by atoms with van der Waals surface area (Å²) in [5.74, 6) is 0.942. The Labute approximate surface area is 111 Å². The van der Waals surface area contributed by atoms with E-state index in [4.69, 9.17) is 0 Å². The van der Waals surface area contributed by atoms with Gasteiger partial charge in [0.1, 0.15) is 6.29 Å². The lowest BCUT2D eigenvalue weighted by atomic mass is 9.76. The molecule has 2 heteroatoms. The number of rotatable bonds is 3. The van der Waals surface area contributed by atoms with E-state index in [1.165, 1.54) is 64.2 Å². The van der Waals surface area contributed by atoms with Crippen LogP contribution >= 0.6 is 0 Å². The van der Waals surface area contributed by atoms with Gasteiger partial charge in [0.25, 0.3) is 0 Å². The first-order chi connectivity index (χ1) is 8.83. The molecular weight excluding hydrogens is 222 g/mol. The molecule has 2 nitrogen and oxygen atoms in total. The minimum absolute atomic E-state index is 0.0271. The highest BCUT2D eigenvalue weighted by molar-refractivity contribution is 5.60. The van der Waals surface area contributed by atoms with Crippen LogP contribution in [0.25, 0.3) is 0 Å². The van der Waals surface area contributed by atoms with Crippen molar-refractivity contribution >= 4 is 6.29 Å². The average Bonchev–Trinajstić information content (AvgIpc) is 2.88. The van der Waals surface area contributed by atoms with Crippen LogP contribution in [0.5, 0.6) is 0 Å². The van der Waals surface area contributed by atoms with E-state index in [1.807, 2.05) is 0 Å². The first-order valence-electron chi connectivity index (χ1n) is 8.03. The van der Waals surface area contributed by atoms with Gasteiger partial charge in [-0.05, 0) is 51.0 Å². The second-order valence-electron chi connectivity index (χ2n) is 6.91. The fraction of sp³-hybridized carbons (Fsp3) is 0.938. The lowest BCUT2D eigenvalue weighted by Gasteiger charge is -2.46. The highest BCUT2D eigenvalue weighted by Crippen LogP contribution is 2.41. The summed E-state index contributed by atoms with van der Waals surface area (Å²) >= 11 is 0. The van der Waals surface area contributed by atoms with Gasteiger partial charge >= 0.3 is 0 Å². The van der Waals surface area contributed by atoms with E-state index in [0.29, 0.717) is 0 Å². The van der Waals surface area contributed by atoms with Crippen molar-refractivity contribution in [1.82, 2.24) is 4.90 Å². The van der Waals surface area contributed by atoms with Crippen molar-refractivity contribution in [3.05, 3.63) is 0 Å². The smallest absolute Gasteiger partial charge is 0.127 e. The summed E-state index contributed by atoms with van der Waals surface area (Å²) in [6.45, 7) is 2.31. The van der Waals surface area contributed by atoms with Crippen LogP contribution in [0.4, 0.5) is 0 Å². The zero-order valence-electron chi connectivity index (χ0n) is 11.6. The number of hydrogen-bond acceptors (Lipinski definition) is 2. The van der Waals surface area contributed by atoms with E-state index < -0.39 is 0 Å². The van der Waals surface area contributed by atoms with Gasteiger partial charge in [-0.25, -0.2) is 0 Å². The van der Waals surface area contributed by atoms with Crippen molar-refractivity contribution in [1.29, 1.82) is 0 Å². The van der Waals surface area contributed by atoms with Gasteiger partial charge in [0.05, 0.1) is 0 Å². The number of aldehydes is 1. The zero-order chi connectivity index (χ0) is 12.4. The minimum atomic E-state index is 0.0271. The summed E-state index contributed by atoms with van der Waals surface area (Å²) < 4.78 is 0. The number of nitrogens with zero attached hydrogens (tertiary/aromatic N) is 1.